The molecule has 20 heavy (non-hydrogen) atoms. The van der Waals surface area contributed by atoms with Crippen molar-refractivity contribution in [3.8, 4) is 0 Å². The van der Waals surface area contributed by atoms with E-state index in [1.54, 1.807) is 0 Å². The van der Waals surface area contributed by atoms with Crippen molar-refractivity contribution in [2.24, 2.45) is 5.92 Å². The van der Waals surface area contributed by atoms with Crippen LogP contribution in [0.4, 0.5) is 0 Å². The van der Waals surface area contributed by atoms with Crippen molar-refractivity contribution in [1.82, 2.24) is 9.80 Å². The van der Waals surface area contributed by atoms with E-state index in [0.717, 1.165) is 12.5 Å². The molecule has 0 N–H and O–H groups in total. The van der Waals surface area contributed by atoms with Gasteiger partial charge in [-0.3, -0.25) is 0 Å². The van der Waals surface area contributed by atoms with E-state index in [0.29, 0.717) is 0 Å². The second-order valence-corrected chi connectivity index (χ2v) is 6.24. The highest BCUT2D eigenvalue weighted by molar-refractivity contribution is 4.70. The molecular weight excluding hydrogens is 248 g/mol. The largest absolute Gasteiger partial charge is 0.384 e. The fraction of sp³-hybridized carbons (Fsp3) is 1.00. The van der Waals surface area contributed by atoms with Crippen molar-refractivity contribution in [3.05, 3.63) is 0 Å². The fourth-order valence-corrected chi connectivity index (χ4v) is 3.23. The first kappa shape index (κ1) is 17.9. The van der Waals surface area contributed by atoms with Gasteiger partial charge < -0.3 is 14.5 Å². The Labute approximate surface area is 126 Å². The molecule has 1 atom stereocenters. The highest BCUT2D eigenvalue weighted by Crippen LogP contribution is 2.16. The first-order valence-electron chi connectivity index (χ1n) is 8.73. The molecule has 1 aliphatic heterocycles. The molecule has 1 rings (SSSR count). The number of hydrogen-bond donors (Lipinski definition) is 0. The summed E-state index contributed by atoms with van der Waals surface area (Å²) in [6, 6.07) is 0. The van der Waals surface area contributed by atoms with Crippen LogP contribution in [-0.2, 0) is 4.74 Å². The number of nitrogens with zero attached hydrogens (tertiary/aromatic N) is 2. The first-order chi connectivity index (χ1) is 9.80. The molecule has 0 bridgehead atoms. The van der Waals surface area contributed by atoms with E-state index in [4.69, 9.17) is 4.74 Å². The maximum atomic E-state index is 5.32. The van der Waals surface area contributed by atoms with E-state index in [1.165, 1.54) is 77.8 Å². The SMILES string of the molecule is CCC[C@H](CCCCCN1CCN(CC)CC1)COC. The number of ether oxygens (including phenoxy) is 1. The molecule has 0 aromatic carbocycles. The van der Waals surface area contributed by atoms with Gasteiger partial charge in [-0.15, -0.1) is 0 Å². The lowest BCUT2D eigenvalue weighted by atomic mass is 9.97. The van der Waals surface area contributed by atoms with Crippen LogP contribution < -0.4 is 0 Å². The Kier molecular flexibility index (Phi) is 10.3. The lowest BCUT2D eigenvalue weighted by Gasteiger charge is -2.34. The number of unbranched alkanes of at least 4 members (excludes halogenated alkanes) is 2. The Morgan fingerprint density at radius 2 is 1.60 bits per heavy atom. The van der Waals surface area contributed by atoms with Crippen LogP contribution in [0, 0.1) is 5.92 Å². The molecule has 0 amide bonds. The molecule has 1 aliphatic rings. The standard InChI is InChI=1S/C17H36N2O/c1-4-9-17(16-20-3)10-7-6-8-11-19-14-12-18(5-2)13-15-19/h17H,4-16H2,1-3H3/t17-/m1/s1. The third-order valence-electron chi connectivity index (χ3n) is 4.60. The normalized spacial score (nSPS) is 19.4. The third-order valence-corrected chi connectivity index (χ3v) is 4.60. The Morgan fingerprint density at radius 3 is 2.20 bits per heavy atom. The van der Waals surface area contributed by atoms with Gasteiger partial charge in [0.1, 0.15) is 0 Å². The summed E-state index contributed by atoms with van der Waals surface area (Å²) in [5.41, 5.74) is 0. The molecule has 1 heterocycles. The van der Waals surface area contributed by atoms with Crippen molar-refractivity contribution in [3.63, 3.8) is 0 Å². The summed E-state index contributed by atoms with van der Waals surface area (Å²) < 4.78 is 5.32. The minimum absolute atomic E-state index is 0.790. The highest BCUT2D eigenvalue weighted by atomic mass is 16.5. The average Bonchev–Trinajstić information content (AvgIpc) is 2.48. The number of likely N-dealkylation sites (N-methyl/N-ethyl adjacent to an activating group) is 1. The molecule has 0 aliphatic carbocycles. The molecule has 0 radical (unpaired) electrons. The van der Waals surface area contributed by atoms with Gasteiger partial charge in [0.05, 0.1) is 0 Å². The molecule has 1 fully saturated rings. The van der Waals surface area contributed by atoms with Gasteiger partial charge in [0.25, 0.3) is 0 Å². The summed E-state index contributed by atoms with van der Waals surface area (Å²) in [4.78, 5) is 5.20. The molecule has 3 nitrogen and oxygen atoms in total. The Bertz CT molecular complexity index is 209. The van der Waals surface area contributed by atoms with Gasteiger partial charge >= 0.3 is 0 Å². The minimum Gasteiger partial charge on any atom is -0.384 e. The van der Waals surface area contributed by atoms with E-state index in [1.807, 2.05) is 7.11 Å². The van der Waals surface area contributed by atoms with E-state index in [-0.39, 0.29) is 0 Å². The number of rotatable bonds is 11. The Balaban J connectivity index is 1.98. The molecule has 0 spiro atoms. The average molecular weight is 284 g/mol. The van der Waals surface area contributed by atoms with E-state index >= 15 is 0 Å². The zero-order chi connectivity index (χ0) is 14.6. The highest BCUT2D eigenvalue weighted by Gasteiger charge is 2.14. The van der Waals surface area contributed by atoms with Crippen LogP contribution in [0.15, 0.2) is 0 Å². The van der Waals surface area contributed by atoms with E-state index < -0.39 is 0 Å². The fourth-order valence-electron chi connectivity index (χ4n) is 3.23. The summed E-state index contributed by atoms with van der Waals surface area (Å²) in [5, 5.41) is 0. The molecule has 0 aromatic heterocycles. The minimum atomic E-state index is 0.790. The number of methoxy groups -OCH3 is 1. The van der Waals surface area contributed by atoms with Crippen molar-refractivity contribution in [2.75, 3.05) is 53.0 Å². The van der Waals surface area contributed by atoms with Crippen LogP contribution in [0.3, 0.4) is 0 Å². The van der Waals surface area contributed by atoms with Gasteiger partial charge in [0.2, 0.25) is 0 Å². The van der Waals surface area contributed by atoms with Gasteiger partial charge in [0.15, 0.2) is 0 Å². The Hall–Kier alpha value is -0.120. The zero-order valence-electron chi connectivity index (χ0n) is 14.1. The maximum absolute atomic E-state index is 5.32. The second kappa shape index (κ2) is 11.5. The number of hydrogen-bond acceptors (Lipinski definition) is 3. The van der Waals surface area contributed by atoms with Gasteiger partial charge in [-0.1, -0.05) is 33.1 Å². The zero-order valence-corrected chi connectivity index (χ0v) is 14.1. The summed E-state index contributed by atoms with van der Waals surface area (Å²) in [7, 11) is 1.83. The van der Waals surface area contributed by atoms with Gasteiger partial charge in [0, 0.05) is 39.9 Å². The van der Waals surface area contributed by atoms with Crippen LogP contribution in [0.25, 0.3) is 0 Å². The summed E-state index contributed by atoms with van der Waals surface area (Å²) in [5.74, 6) is 0.790. The smallest absolute Gasteiger partial charge is 0.0490 e. The lowest BCUT2D eigenvalue weighted by molar-refractivity contribution is 0.132. The van der Waals surface area contributed by atoms with Crippen molar-refractivity contribution < 1.29 is 4.74 Å². The lowest BCUT2D eigenvalue weighted by Crippen LogP contribution is -2.46. The van der Waals surface area contributed by atoms with Crippen LogP contribution in [-0.4, -0.2) is 62.8 Å². The van der Waals surface area contributed by atoms with Crippen molar-refractivity contribution in [1.29, 1.82) is 0 Å². The first-order valence-corrected chi connectivity index (χ1v) is 8.73. The molecule has 1 saturated heterocycles. The maximum Gasteiger partial charge on any atom is 0.0490 e. The quantitative estimate of drug-likeness (QED) is 0.542. The van der Waals surface area contributed by atoms with Gasteiger partial charge in [-0.05, 0) is 38.3 Å². The van der Waals surface area contributed by atoms with E-state index in [2.05, 4.69) is 23.6 Å². The number of piperazine rings is 1. The predicted molar refractivity (Wildman–Crippen MR) is 87.3 cm³/mol. The van der Waals surface area contributed by atoms with Crippen LogP contribution in [0.2, 0.25) is 0 Å². The van der Waals surface area contributed by atoms with Crippen LogP contribution >= 0.6 is 0 Å². The van der Waals surface area contributed by atoms with Gasteiger partial charge in [-0.2, -0.15) is 0 Å². The topological polar surface area (TPSA) is 15.7 Å². The molecule has 0 saturated carbocycles. The van der Waals surface area contributed by atoms with Crippen molar-refractivity contribution in [2.45, 2.75) is 52.4 Å². The summed E-state index contributed by atoms with van der Waals surface area (Å²) >= 11 is 0. The predicted octanol–water partition coefficient (Wildman–Crippen LogP) is 3.25. The van der Waals surface area contributed by atoms with Crippen LogP contribution in [0.1, 0.15) is 52.4 Å². The third kappa shape index (κ3) is 7.61. The molecule has 0 aromatic rings. The summed E-state index contributed by atoms with van der Waals surface area (Å²) in [6.45, 7) is 13.1. The Morgan fingerprint density at radius 1 is 0.900 bits per heavy atom. The molecule has 3 heteroatoms. The molecular formula is C17H36N2O. The second-order valence-electron chi connectivity index (χ2n) is 6.24. The van der Waals surface area contributed by atoms with Crippen LogP contribution in [0.5, 0.6) is 0 Å². The van der Waals surface area contributed by atoms with Crippen molar-refractivity contribution >= 4 is 0 Å². The van der Waals surface area contributed by atoms with Gasteiger partial charge in [-0.25, -0.2) is 0 Å². The molecule has 120 valence electrons. The summed E-state index contributed by atoms with van der Waals surface area (Å²) in [6.07, 6.45) is 8.10. The molecule has 0 unspecified atom stereocenters. The van der Waals surface area contributed by atoms with E-state index in [9.17, 15) is 0 Å². The monoisotopic (exact) mass is 284 g/mol.